The topological polar surface area (TPSA) is 142 Å². The number of nitrogens with zero attached hydrogens (tertiary/aromatic N) is 3. The first-order valence-corrected chi connectivity index (χ1v) is 11.7. The number of rotatable bonds is 4. The summed E-state index contributed by atoms with van der Waals surface area (Å²) in [5, 5.41) is 17.4. The van der Waals surface area contributed by atoms with E-state index >= 15 is 0 Å². The third-order valence-corrected chi connectivity index (χ3v) is 5.76. The van der Waals surface area contributed by atoms with Crippen molar-refractivity contribution in [3.05, 3.63) is 60.2 Å². The molecule has 220 valence electrons. The molecule has 4 heterocycles. The molecule has 4 rings (SSSR count). The Hall–Kier alpha value is -3.79. The predicted molar refractivity (Wildman–Crippen MR) is 125 cm³/mol. The van der Waals surface area contributed by atoms with Gasteiger partial charge in [-0.3, -0.25) is 19.7 Å². The summed E-state index contributed by atoms with van der Waals surface area (Å²) in [5.74, 6) is -5.54. The zero-order valence-electron chi connectivity index (χ0n) is 20.8. The van der Waals surface area contributed by atoms with Crippen LogP contribution in [-0.4, -0.2) is 86.6 Å². The van der Waals surface area contributed by atoms with Crippen molar-refractivity contribution in [1.82, 2.24) is 20.2 Å². The Morgan fingerprint density at radius 3 is 2.12 bits per heavy atom. The van der Waals surface area contributed by atoms with Crippen LogP contribution >= 0.6 is 0 Å². The van der Waals surface area contributed by atoms with E-state index in [0.717, 1.165) is 44.6 Å². The number of amides is 1. The van der Waals surface area contributed by atoms with Crippen LogP contribution in [0.1, 0.15) is 35.3 Å². The fraction of sp³-hybridized carbons (Fsp3) is 0.458. The van der Waals surface area contributed by atoms with Gasteiger partial charge in [-0.2, -0.15) is 26.3 Å². The molecule has 0 unspecified atom stereocenters. The van der Waals surface area contributed by atoms with E-state index in [1.807, 2.05) is 18.3 Å². The molecule has 2 aliphatic rings. The van der Waals surface area contributed by atoms with Crippen molar-refractivity contribution in [2.24, 2.45) is 0 Å². The van der Waals surface area contributed by atoms with Crippen LogP contribution in [0.3, 0.4) is 0 Å². The number of likely N-dealkylation sites (tertiary alicyclic amines) is 1. The molecule has 2 aromatic heterocycles. The lowest BCUT2D eigenvalue weighted by Crippen LogP contribution is -2.49. The maximum Gasteiger partial charge on any atom is 0.490 e. The number of carboxylic acids is 2. The molecule has 0 saturated carbocycles. The number of carboxylic acid groups (broad SMARTS) is 2. The SMILES string of the molecule is O=C(N[C@@H]1CCO[C@]2(CCN(Cc3ccccn3)C2)C1)c1ccncc1.O=C(O)C(F)(F)F.O=C(O)C(F)(F)F. The van der Waals surface area contributed by atoms with Crippen molar-refractivity contribution in [3.8, 4) is 0 Å². The van der Waals surface area contributed by atoms with E-state index in [0.29, 0.717) is 12.2 Å². The number of pyridine rings is 2. The number of halogens is 6. The van der Waals surface area contributed by atoms with Gasteiger partial charge in [0.25, 0.3) is 5.91 Å². The first-order chi connectivity index (χ1) is 18.6. The highest BCUT2D eigenvalue weighted by molar-refractivity contribution is 5.94. The summed E-state index contributed by atoms with van der Waals surface area (Å²) < 4.78 is 69.7. The second kappa shape index (κ2) is 14.0. The van der Waals surface area contributed by atoms with E-state index in [2.05, 4.69) is 26.3 Å². The Bertz CT molecular complexity index is 1100. The smallest absolute Gasteiger partial charge is 0.475 e. The Balaban J connectivity index is 0.000000333. The van der Waals surface area contributed by atoms with Gasteiger partial charge in [0.1, 0.15) is 0 Å². The number of aliphatic carboxylic acids is 2. The molecule has 0 aromatic carbocycles. The number of ether oxygens (including phenoxy) is 1. The minimum absolute atomic E-state index is 0.0298. The van der Waals surface area contributed by atoms with Crippen LogP contribution in [0.25, 0.3) is 0 Å². The van der Waals surface area contributed by atoms with Gasteiger partial charge in [-0.25, -0.2) is 9.59 Å². The lowest BCUT2D eigenvalue weighted by molar-refractivity contribution is -0.193. The van der Waals surface area contributed by atoms with Crippen molar-refractivity contribution < 1.29 is 55.7 Å². The van der Waals surface area contributed by atoms with Gasteiger partial charge >= 0.3 is 24.3 Å². The van der Waals surface area contributed by atoms with Crippen LogP contribution in [0.15, 0.2) is 48.9 Å². The first-order valence-electron chi connectivity index (χ1n) is 11.7. The Kier molecular flexibility index (Phi) is 11.4. The molecule has 2 aliphatic heterocycles. The predicted octanol–water partition coefficient (Wildman–Crippen LogP) is 3.30. The van der Waals surface area contributed by atoms with Gasteiger partial charge in [0.05, 0.1) is 11.3 Å². The zero-order chi connectivity index (χ0) is 30.0. The maximum absolute atomic E-state index is 12.4. The molecule has 2 fully saturated rings. The Morgan fingerprint density at radius 2 is 1.60 bits per heavy atom. The van der Waals surface area contributed by atoms with Gasteiger partial charge in [0.2, 0.25) is 0 Å². The number of hydrogen-bond donors (Lipinski definition) is 3. The Morgan fingerprint density at radius 1 is 1.00 bits per heavy atom. The summed E-state index contributed by atoms with van der Waals surface area (Å²) in [6.07, 6.45) is -2.31. The molecule has 0 bridgehead atoms. The second-order valence-electron chi connectivity index (χ2n) is 8.82. The molecule has 0 radical (unpaired) electrons. The normalized spacial score (nSPS) is 20.9. The standard InChI is InChI=1S/C20H24N4O2.2C2HF3O2/c25-19(16-4-9-21-10-5-16)23-17-6-12-26-20(13-17)7-11-24(15-20)14-18-3-1-2-8-22-18;2*3-2(4,5)1(6)7/h1-5,8-10,17H,6-7,11-15H2,(H,23,25);2*(H,6,7)/t17-,20-;;/m1../s1. The summed E-state index contributed by atoms with van der Waals surface area (Å²) in [7, 11) is 0. The van der Waals surface area contributed by atoms with Gasteiger partial charge in [0, 0.05) is 56.4 Å². The number of alkyl halides is 6. The highest BCUT2D eigenvalue weighted by Gasteiger charge is 2.43. The molecular formula is C24H26F6N4O6. The van der Waals surface area contributed by atoms with E-state index in [9.17, 15) is 31.1 Å². The molecule has 2 saturated heterocycles. The number of carbonyl (C=O) groups is 3. The maximum atomic E-state index is 12.4. The van der Waals surface area contributed by atoms with E-state index in [1.165, 1.54) is 0 Å². The lowest BCUT2D eigenvalue weighted by atomic mass is 9.89. The number of hydrogen-bond acceptors (Lipinski definition) is 7. The fourth-order valence-corrected chi connectivity index (χ4v) is 3.99. The fourth-order valence-electron chi connectivity index (χ4n) is 3.99. The van der Waals surface area contributed by atoms with Crippen LogP contribution in [0, 0.1) is 0 Å². The summed E-state index contributed by atoms with van der Waals surface area (Å²) in [4.78, 5) is 41.0. The van der Waals surface area contributed by atoms with Crippen LogP contribution in [0.5, 0.6) is 0 Å². The van der Waals surface area contributed by atoms with E-state index < -0.39 is 24.3 Å². The Labute approximate surface area is 224 Å². The molecule has 10 nitrogen and oxygen atoms in total. The van der Waals surface area contributed by atoms with Crippen LogP contribution in [0.4, 0.5) is 26.3 Å². The molecule has 2 atom stereocenters. The molecule has 1 spiro atoms. The molecule has 2 aromatic rings. The molecule has 3 N–H and O–H groups in total. The van der Waals surface area contributed by atoms with Crippen molar-refractivity contribution in [1.29, 1.82) is 0 Å². The summed E-state index contributed by atoms with van der Waals surface area (Å²) >= 11 is 0. The highest BCUT2D eigenvalue weighted by atomic mass is 19.4. The van der Waals surface area contributed by atoms with Crippen LogP contribution < -0.4 is 5.32 Å². The average Bonchev–Trinajstić information content (AvgIpc) is 3.25. The molecule has 40 heavy (non-hydrogen) atoms. The van der Waals surface area contributed by atoms with Crippen molar-refractivity contribution in [2.75, 3.05) is 19.7 Å². The van der Waals surface area contributed by atoms with E-state index in [1.54, 1.807) is 24.5 Å². The second-order valence-corrected chi connectivity index (χ2v) is 8.82. The van der Waals surface area contributed by atoms with Gasteiger partial charge in [0.15, 0.2) is 0 Å². The third kappa shape index (κ3) is 10.8. The lowest BCUT2D eigenvalue weighted by Gasteiger charge is -2.38. The van der Waals surface area contributed by atoms with Crippen LogP contribution in [0.2, 0.25) is 0 Å². The van der Waals surface area contributed by atoms with Crippen molar-refractivity contribution >= 4 is 17.8 Å². The average molecular weight is 580 g/mol. The largest absolute Gasteiger partial charge is 0.490 e. The summed E-state index contributed by atoms with van der Waals surface area (Å²) in [6, 6.07) is 9.66. The van der Waals surface area contributed by atoms with E-state index in [-0.39, 0.29) is 17.6 Å². The summed E-state index contributed by atoms with van der Waals surface area (Å²) in [6.45, 7) is 3.44. The quantitative estimate of drug-likeness (QED) is 0.465. The molecule has 0 aliphatic carbocycles. The minimum atomic E-state index is -5.08. The van der Waals surface area contributed by atoms with Crippen molar-refractivity contribution in [2.45, 2.75) is 49.8 Å². The molecule has 16 heteroatoms. The number of aromatic nitrogens is 2. The van der Waals surface area contributed by atoms with E-state index in [4.69, 9.17) is 24.5 Å². The monoisotopic (exact) mass is 580 g/mol. The number of nitrogens with one attached hydrogen (secondary N) is 1. The van der Waals surface area contributed by atoms with Gasteiger partial charge in [-0.1, -0.05) is 6.07 Å². The summed E-state index contributed by atoms with van der Waals surface area (Å²) in [5.41, 5.74) is 1.59. The van der Waals surface area contributed by atoms with Gasteiger partial charge < -0.3 is 20.3 Å². The number of carbonyl (C=O) groups excluding carboxylic acids is 1. The minimum Gasteiger partial charge on any atom is -0.475 e. The third-order valence-electron chi connectivity index (χ3n) is 5.76. The molecule has 1 amide bonds. The van der Waals surface area contributed by atoms with Gasteiger partial charge in [-0.05, 0) is 43.5 Å². The van der Waals surface area contributed by atoms with Crippen molar-refractivity contribution in [3.63, 3.8) is 0 Å². The van der Waals surface area contributed by atoms with Gasteiger partial charge in [-0.15, -0.1) is 0 Å². The highest BCUT2D eigenvalue weighted by Crippen LogP contribution is 2.35. The molecular weight excluding hydrogens is 554 g/mol. The first kappa shape index (κ1) is 32.4. The van der Waals surface area contributed by atoms with Crippen LogP contribution in [-0.2, 0) is 20.9 Å². The zero-order valence-corrected chi connectivity index (χ0v) is 20.8.